The van der Waals surface area contributed by atoms with Crippen molar-refractivity contribution in [1.82, 2.24) is 14.3 Å². The lowest BCUT2D eigenvalue weighted by atomic mass is 10.1. The highest BCUT2D eigenvalue weighted by Crippen LogP contribution is 2.34. The quantitative estimate of drug-likeness (QED) is 0.249. The fourth-order valence-electron chi connectivity index (χ4n) is 4.42. The largest absolute Gasteiger partial charge is 0.493 e. The number of aromatic nitrogens is 2. The van der Waals surface area contributed by atoms with Gasteiger partial charge in [0.15, 0.2) is 11.5 Å². The van der Waals surface area contributed by atoms with E-state index in [-0.39, 0.29) is 11.5 Å². The number of thiocarbonyl (C=S) groups is 1. The number of amides is 1. The van der Waals surface area contributed by atoms with Gasteiger partial charge in [0.25, 0.3) is 11.5 Å². The minimum Gasteiger partial charge on any atom is -0.493 e. The van der Waals surface area contributed by atoms with Gasteiger partial charge in [-0.3, -0.25) is 18.9 Å². The summed E-state index contributed by atoms with van der Waals surface area (Å²) in [6, 6.07) is 11.2. The molecule has 0 radical (unpaired) electrons. The number of hydrogen-bond donors (Lipinski definition) is 0. The van der Waals surface area contributed by atoms with Crippen LogP contribution in [0, 0.1) is 0 Å². The number of hydrogen-bond acceptors (Lipinski definition) is 8. The lowest BCUT2D eigenvalue weighted by Crippen LogP contribution is -2.31. The van der Waals surface area contributed by atoms with Gasteiger partial charge in [0, 0.05) is 25.8 Å². The molecule has 200 valence electrons. The molecular formula is C28H32N4O4S2. The zero-order chi connectivity index (χ0) is 27.2. The fourth-order valence-corrected chi connectivity index (χ4v) is 5.71. The topological polar surface area (TPSA) is 76.4 Å². The van der Waals surface area contributed by atoms with Crippen molar-refractivity contribution in [2.75, 3.05) is 38.8 Å². The van der Waals surface area contributed by atoms with Crippen molar-refractivity contribution in [3.8, 4) is 11.5 Å². The summed E-state index contributed by atoms with van der Waals surface area (Å²) in [5, 5.41) is 0. The normalized spacial score (nSPS) is 14.5. The molecule has 1 aliphatic heterocycles. The number of thioether (sulfide) groups is 1. The van der Waals surface area contributed by atoms with Crippen LogP contribution in [0.15, 0.2) is 52.3 Å². The zero-order valence-corrected chi connectivity index (χ0v) is 23.7. The van der Waals surface area contributed by atoms with E-state index in [0.717, 1.165) is 31.5 Å². The van der Waals surface area contributed by atoms with Gasteiger partial charge in [-0.25, -0.2) is 4.98 Å². The summed E-state index contributed by atoms with van der Waals surface area (Å²) in [4.78, 5) is 36.0. The minimum atomic E-state index is -0.210. The minimum absolute atomic E-state index is 0.207. The summed E-state index contributed by atoms with van der Waals surface area (Å²) < 4.78 is 12.7. The predicted molar refractivity (Wildman–Crippen MR) is 157 cm³/mol. The molecule has 0 atom stereocenters. The Hall–Kier alpha value is -3.37. The van der Waals surface area contributed by atoms with Crippen LogP contribution in [-0.2, 0) is 11.2 Å². The van der Waals surface area contributed by atoms with Crippen molar-refractivity contribution in [2.45, 2.75) is 33.1 Å². The first-order valence-corrected chi connectivity index (χ1v) is 13.9. The first-order valence-electron chi connectivity index (χ1n) is 12.6. The molecule has 3 heterocycles. The number of rotatable bonds is 11. The summed E-state index contributed by atoms with van der Waals surface area (Å²) in [6.45, 7) is 6.13. The van der Waals surface area contributed by atoms with Crippen molar-refractivity contribution < 1.29 is 14.3 Å². The summed E-state index contributed by atoms with van der Waals surface area (Å²) in [5.41, 5.74) is 1.76. The van der Waals surface area contributed by atoms with Gasteiger partial charge in [0.2, 0.25) is 0 Å². The number of nitrogens with zero attached hydrogens (tertiary/aromatic N) is 4. The molecule has 10 heteroatoms. The standard InChI is InChI=1S/C28H32N4O4S2/c1-5-13-30(14-6-2)25-20(26(33)31-15-8-7-9-24(31)29-25)18-23-27(34)32(28(37)38-23)16-12-19-10-11-21(35-3)22(17-19)36-4/h7-11,15,17-18H,5-6,12-14,16H2,1-4H3/b23-18-. The molecular weight excluding hydrogens is 520 g/mol. The van der Waals surface area contributed by atoms with Gasteiger partial charge in [0.1, 0.15) is 15.8 Å². The van der Waals surface area contributed by atoms with Gasteiger partial charge >= 0.3 is 0 Å². The van der Waals surface area contributed by atoms with Crippen LogP contribution >= 0.6 is 24.0 Å². The van der Waals surface area contributed by atoms with Crippen LogP contribution in [0.25, 0.3) is 11.7 Å². The maximum atomic E-state index is 13.6. The van der Waals surface area contributed by atoms with Gasteiger partial charge in [-0.15, -0.1) is 0 Å². The molecule has 0 spiro atoms. The third kappa shape index (κ3) is 5.71. The molecule has 0 unspecified atom stereocenters. The zero-order valence-electron chi connectivity index (χ0n) is 22.1. The Kier molecular flexibility index (Phi) is 9.06. The molecule has 38 heavy (non-hydrogen) atoms. The highest BCUT2D eigenvalue weighted by Gasteiger charge is 2.32. The molecule has 1 saturated heterocycles. The number of carbonyl (C=O) groups is 1. The molecule has 0 aliphatic carbocycles. The first-order chi connectivity index (χ1) is 18.4. The SMILES string of the molecule is CCCN(CCC)c1nc2ccccn2c(=O)c1/C=C1\SC(=S)N(CCc2ccc(OC)c(OC)c2)C1=O. The van der Waals surface area contributed by atoms with Crippen LogP contribution in [-0.4, -0.2) is 58.4 Å². The third-order valence-corrected chi connectivity index (χ3v) is 7.63. The Morgan fingerprint density at radius 2 is 1.79 bits per heavy atom. The molecule has 1 fully saturated rings. The van der Waals surface area contributed by atoms with Crippen molar-refractivity contribution in [3.63, 3.8) is 0 Å². The second-order valence-electron chi connectivity index (χ2n) is 8.84. The maximum Gasteiger partial charge on any atom is 0.267 e. The van der Waals surface area contributed by atoms with E-state index in [9.17, 15) is 9.59 Å². The maximum absolute atomic E-state index is 13.6. The second kappa shape index (κ2) is 12.4. The smallest absolute Gasteiger partial charge is 0.267 e. The van der Waals surface area contributed by atoms with Crippen LogP contribution in [0.2, 0.25) is 0 Å². The number of ether oxygens (including phenoxy) is 2. The molecule has 0 bridgehead atoms. The third-order valence-electron chi connectivity index (χ3n) is 6.26. The average molecular weight is 553 g/mol. The van der Waals surface area contributed by atoms with E-state index in [4.69, 9.17) is 26.7 Å². The summed E-state index contributed by atoms with van der Waals surface area (Å²) in [5.74, 6) is 1.67. The van der Waals surface area contributed by atoms with Gasteiger partial charge in [-0.2, -0.15) is 0 Å². The lowest BCUT2D eigenvalue weighted by Gasteiger charge is -2.24. The van der Waals surface area contributed by atoms with E-state index >= 15 is 0 Å². The number of methoxy groups -OCH3 is 2. The highest BCUT2D eigenvalue weighted by atomic mass is 32.2. The van der Waals surface area contributed by atoms with E-state index in [1.807, 2.05) is 30.3 Å². The lowest BCUT2D eigenvalue weighted by molar-refractivity contribution is -0.122. The van der Waals surface area contributed by atoms with Crippen molar-refractivity contribution in [1.29, 1.82) is 0 Å². The highest BCUT2D eigenvalue weighted by molar-refractivity contribution is 8.26. The van der Waals surface area contributed by atoms with Crippen molar-refractivity contribution in [3.05, 3.63) is 69.0 Å². The molecule has 4 rings (SSSR count). The Morgan fingerprint density at radius 1 is 1.05 bits per heavy atom. The molecule has 1 aromatic carbocycles. The molecule has 0 saturated carbocycles. The molecule has 2 aromatic heterocycles. The summed E-state index contributed by atoms with van der Waals surface area (Å²) >= 11 is 6.78. The fraction of sp³-hybridized carbons (Fsp3) is 0.357. The van der Waals surface area contributed by atoms with E-state index in [2.05, 4.69) is 18.7 Å². The van der Waals surface area contributed by atoms with Crippen LogP contribution in [0.5, 0.6) is 11.5 Å². The van der Waals surface area contributed by atoms with Crippen LogP contribution in [0.4, 0.5) is 5.82 Å². The number of pyridine rings is 1. The van der Waals surface area contributed by atoms with Crippen LogP contribution in [0.1, 0.15) is 37.8 Å². The molecule has 1 amide bonds. The summed E-state index contributed by atoms with van der Waals surface area (Å²) in [6.07, 6.45) is 5.77. The van der Waals surface area contributed by atoms with Crippen LogP contribution < -0.4 is 19.9 Å². The first kappa shape index (κ1) is 27.7. The van der Waals surface area contributed by atoms with E-state index < -0.39 is 0 Å². The number of carbonyl (C=O) groups excluding carboxylic acids is 1. The van der Waals surface area contributed by atoms with Crippen molar-refractivity contribution >= 4 is 51.7 Å². The monoisotopic (exact) mass is 552 g/mol. The Bertz CT molecular complexity index is 1430. The van der Waals surface area contributed by atoms with Crippen molar-refractivity contribution in [2.24, 2.45) is 0 Å². The van der Waals surface area contributed by atoms with Gasteiger partial charge in [0.05, 0.1) is 24.7 Å². The van der Waals surface area contributed by atoms with Gasteiger partial charge in [-0.05, 0) is 55.2 Å². The predicted octanol–water partition coefficient (Wildman–Crippen LogP) is 4.78. The van der Waals surface area contributed by atoms with Crippen LogP contribution in [0.3, 0.4) is 0 Å². The van der Waals surface area contributed by atoms with Gasteiger partial charge in [-0.1, -0.05) is 50.0 Å². The van der Waals surface area contributed by atoms with Gasteiger partial charge < -0.3 is 14.4 Å². The Balaban J connectivity index is 1.66. The molecule has 1 aliphatic rings. The van der Waals surface area contributed by atoms with E-state index in [1.165, 1.54) is 16.2 Å². The Labute approximate surface area is 232 Å². The molecule has 3 aromatic rings. The number of benzene rings is 1. The van der Waals surface area contributed by atoms with E-state index in [0.29, 0.717) is 50.7 Å². The summed E-state index contributed by atoms with van der Waals surface area (Å²) in [7, 11) is 3.19. The molecule has 8 nitrogen and oxygen atoms in total. The number of anilines is 1. The average Bonchev–Trinajstić information content (AvgIpc) is 3.20. The van der Waals surface area contributed by atoms with E-state index in [1.54, 1.807) is 37.5 Å². The second-order valence-corrected chi connectivity index (χ2v) is 10.5. The Morgan fingerprint density at radius 3 is 2.47 bits per heavy atom. The molecule has 0 N–H and O–H groups in total. The number of fused-ring (bicyclic) bond motifs is 1.